The van der Waals surface area contributed by atoms with Crippen LogP contribution in [0.5, 0.6) is 0 Å². The molecule has 0 fully saturated rings. The van der Waals surface area contributed by atoms with Crippen LogP contribution >= 0.6 is 11.3 Å². The van der Waals surface area contributed by atoms with Crippen LogP contribution in [-0.2, 0) is 22.4 Å². The Morgan fingerprint density at radius 3 is 2.74 bits per heavy atom. The van der Waals surface area contributed by atoms with Crippen molar-refractivity contribution in [3.8, 4) is 0 Å². The third-order valence-corrected chi connectivity index (χ3v) is 4.36. The summed E-state index contributed by atoms with van der Waals surface area (Å²) in [6, 6.07) is 0. The fraction of sp³-hybridized carbons (Fsp3) is 0.538. The van der Waals surface area contributed by atoms with Gasteiger partial charge in [-0.2, -0.15) is 0 Å². The minimum Gasteiger partial charge on any atom is -0.465 e. The van der Waals surface area contributed by atoms with Crippen LogP contribution in [0.1, 0.15) is 33.6 Å². The Morgan fingerprint density at radius 2 is 2.05 bits per heavy atom. The van der Waals surface area contributed by atoms with Crippen molar-refractivity contribution in [2.75, 3.05) is 26.0 Å². The summed E-state index contributed by atoms with van der Waals surface area (Å²) in [5, 5.41) is 6.21. The lowest BCUT2D eigenvalue weighted by atomic mass is 9.95. The molecule has 0 radical (unpaired) electrons. The number of thiophene rings is 1. The standard InChI is InChI=1S/C13H18N2O3S/c1-14-7-10(16)15-12-11(13(17)18-2)8-5-3-4-6-9(8)19-12/h14H,3-7H2,1-2H3,(H,15,16). The zero-order valence-electron chi connectivity index (χ0n) is 11.2. The highest BCUT2D eigenvalue weighted by atomic mass is 32.1. The van der Waals surface area contributed by atoms with Gasteiger partial charge < -0.3 is 15.4 Å². The molecule has 0 atom stereocenters. The topological polar surface area (TPSA) is 67.4 Å². The fourth-order valence-electron chi connectivity index (χ4n) is 2.30. The van der Waals surface area contributed by atoms with Crippen molar-refractivity contribution < 1.29 is 14.3 Å². The van der Waals surface area contributed by atoms with Crippen LogP contribution in [0.3, 0.4) is 0 Å². The largest absolute Gasteiger partial charge is 0.465 e. The molecule has 0 aliphatic heterocycles. The van der Waals surface area contributed by atoms with Crippen LogP contribution in [0.15, 0.2) is 0 Å². The number of anilines is 1. The molecule has 0 unspecified atom stereocenters. The van der Waals surface area contributed by atoms with Gasteiger partial charge in [0, 0.05) is 4.88 Å². The van der Waals surface area contributed by atoms with Crippen molar-refractivity contribution in [3.05, 3.63) is 16.0 Å². The molecule has 1 amide bonds. The summed E-state index contributed by atoms with van der Waals surface area (Å²) in [6.07, 6.45) is 4.08. The van der Waals surface area contributed by atoms with E-state index in [1.165, 1.54) is 23.3 Å². The molecule has 0 saturated heterocycles. The molecule has 0 aromatic carbocycles. The number of esters is 1. The van der Waals surface area contributed by atoms with E-state index >= 15 is 0 Å². The highest BCUT2D eigenvalue weighted by Crippen LogP contribution is 2.38. The summed E-state index contributed by atoms with van der Waals surface area (Å²) in [7, 11) is 3.08. The molecule has 1 heterocycles. The SMILES string of the molecule is CNCC(=O)Nc1sc2c(c1C(=O)OC)CCCC2. The average Bonchev–Trinajstić information content (AvgIpc) is 2.75. The van der Waals surface area contributed by atoms with Crippen molar-refractivity contribution in [1.29, 1.82) is 0 Å². The molecule has 0 bridgehead atoms. The maximum Gasteiger partial charge on any atom is 0.341 e. The number of amides is 1. The lowest BCUT2D eigenvalue weighted by Gasteiger charge is -2.11. The van der Waals surface area contributed by atoms with E-state index in [0.717, 1.165) is 31.2 Å². The number of aryl methyl sites for hydroxylation is 1. The summed E-state index contributed by atoms with van der Waals surface area (Å²) < 4.78 is 4.84. The van der Waals surface area contributed by atoms with Gasteiger partial charge in [0.05, 0.1) is 19.2 Å². The number of fused-ring (bicyclic) bond motifs is 1. The van der Waals surface area contributed by atoms with Crippen molar-refractivity contribution >= 4 is 28.2 Å². The minimum atomic E-state index is -0.362. The number of carbonyl (C=O) groups is 2. The molecule has 1 aliphatic rings. The Kier molecular flexibility index (Phi) is 4.55. The second-order valence-electron chi connectivity index (χ2n) is 4.49. The van der Waals surface area contributed by atoms with Gasteiger partial charge >= 0.3 is 5.97 Å². The Bertz CT molecular complexity index is 496. The number of ether oxygens (including phenoxy) is 1. The number of rotatable bonds is 4. The monoisotopic (exact) mass is 282 g/mol. The van der Waals surface area contributed by atoms with Crippen LogP contribution in [0.4, 0.5) is 5.00 Å². The number of likely N-dealkylation sites (N-methyl/N-ethyl adjacent to an activating group) is 1. The zero-order chi connectivity index (χ0) is 13.8. The molecule has 0 spiro atoms. The molecule has 2 rings (SSSR count). The first kappa shape index (κ1) is 14.0. The third kappa shape index (κ3) is 2.96. The Hall–Kier alpha value is -1.40. The quantitative estimate of drug-likeness (QED) is 0.823. The maximum absolute atomic E-state index is 11.9. The van der Waals surface area contributed by atoms with E-state index in [-0.39, 0.29) is 18.4 Å². The zero-order valence-corrected chi connectivity index (χ0v) is 12.0. The van der Waals surface area contributed by atoms with Crippen LogP contribution < -0.4 is 10.6 Å². The maximum atomic E-state index is 11.9. The number of methoxy groups -OCH3 is 1. The van der Waals surface area contributed by atoms with Crippen LogP contribution in [0.25, 0.3) is 0 Å². The molecule has 1 aromatic heterocycles. The molecule has 2 N–H and O–H groups in total. The van der Waals surface area contributed by atoms with E-state index in [1.807, 2.05) is 0 Å². The molecule has 0 saturated carbocycles. The van der Waals surface area contributed by atoms with Crippen molar-refractivity contribution in [1.82, 2.24) is 5.32 Å². The summed E-state index contributed by atoms with van der Waals surface area (Å²) in [5.74, 6) is -0.509. The Labute approximate surface area is 116 Å². The predicted molar refractivity (Wildman–Crippen MR) is 74.9 cm³/mol. The Morgan fingerprint density at radius 1 is 1.32 bits per heavy atom. The van der Waals surface area contributed by atoms with Gasteiger partial charge in [-0.1, -0.05) is 0 Å². The highest BCUT2D eigenvalue weighted by molar-refractivity contribution is 7.17. The summed E-state index contributed by atoms with van der Waals surface area (Å²) in [4.78, 5) is 24.8. The third-order valence-electron chi connectivity index (χ3n) is 3.15. The van der Waals surface area contributed by atoms with Gasteiger partial charge in [-0.3, -0.25) is 4.79 Å². The molecule has 5 nitrogen and oxygen atoms in total. The van der Waals surface area contributed by atoms with E-state index in [4.69, 9.17) is 4.74 Å². The molecule has 1 aliphatic carbocycles. The lowest BCUT2D eigenvalue weighted by molar-refractivity contribution is -0.115. The average molecular weight is 282 g/mol. The van der Waals surface area contributed by atoms with Crippen LogP contribution in [0.2, 0.25) is 0 Å². The first-order valence-electron chi connectivity index (χ1n) is 6.34. The van der Waals surface area contributed by atoms with E-state index in [9.17, 15) is 9.59 Å². The predicted octanol–water partition coefficient (Wildman–Crippen LogP) is 1.57. The number of hydrogen-bond donors (Lipinski definition) is 2. The van der Waals surface area contributed by atoms with E-state index in [0.29, 0.717) is 10.6 Å². The van der Waals surface area contributed by atoms with Gasteiger partial charge in [0.15, 0.2) is 0 Å². The van der Waals surface area contributed by atoms with E-state index < -0.39 is 0 Å². The molecule has 19 heavy (non-hydrogen) atoms. The second-order valence-corrected chi connectivity index (χ2v) is 5.59. The van der Waals surface area contributed by atoms with Crippen molar-refractivity contribution in [2.45, 2.75) is 25.7 Å². The number of nitrogens with one attached hydrogen (secondary N) is 2. The molecular weight excluding hydrogens is 264 g/mol. The second kappa shape index (κ2) is 6.16. The smallest absolute Gasteiger partial charge is 0.341 e. The van der Waals surface area contributed by atoms with Crippen LogP contribution in [-0.4, -0.2) is 32.6 Å². The molecule has 1 aromatic rings. The number of carbonyl (C=O) groups excluding carboxylic acids is 2. The van der Waals surface area contributed by atoms with Gasteiger partial charge in [0.2, 0.25) is 5.91 Å². The normalized spacial score (nSPS) is 13.8. The van der Waals surface area contributed by atoms with E-state index in [1.54, 1.807) is 7.05 Å². The minimum absolute atomic E-state index is 0.147. The molecule has 6 heteroatoms. The van der Waals surface area contributed by atoms with E-state index in [2.05, 4.69) is 10.6 Å². The van der Waals surface area contributed by atoms with Gasteiger partial charge in [0.25, 0.3) is 0 Å². The van der Waals surface area contributed by atoms with Gasteiger partial charge in [-0.25, -0.2) is 4.79 Å². The summed E-state index contributed by atoms with van der Waals surface area (Å²) in [6.45, 7) is 0.225. The lowest BCUT2D eigenvalue weighted by Crippen LogP contribution is -2.25. The van der Waals surface area contributed by atoms with Crippen molar-refractivity contribution in [2.24, 2.45) is 0 Å². The van der Waals surface area contributed by atoms with Crippen LogP contribution in [0, 0.1) is 0 Å². The van der Waals surface area contributed by atoms with Gasteiger partial charge in [0.1, 0.15) is 5.00 Å². The first-order valence-corrected chi connectivity index (χ1v) is 7.16. The summed E-state index contributed by atoms with van der Waals surface area (Å²) in [5.41, 5.74) is 1.61. The fourth-order valence-corrected chi connectivity index (χ4v) is 3.60. The van der Waals surface area contributed by atoms with Crippen molar-refractivity contribution in [3.63, 3.8) is 0 Å². The van der Waals surface area contributed by atoms with Gasteiger partial charge in [-0.15, -0.1) is 11.3 Å². The Balaban J connectivity index is 2.33. The first-order chi connectivity index (χ1) is 9.17. The number of hydrogen-bond acceptors (Lipinski definition) is 5. The van der Waals surface area contributed by atoms with Gasteiger partial charge in [-0.05, 0) is 38.3 Å². The highest BCUT2D eigenvalue weighted by Gasteiger charge is 2.26. The molecular formula is C13H18N2O3S. The molecule has 104 valence electrons. The summed E-state index contributed by atoms with van der Waals surface area (Å²) >= 11 is 1.50.